The lowest BCUT2D eigenvalue weighted by Crippen LogP contribution is -1.74. The first-order valence-corrected chi connectivity index (χ1v) is 2.05. The zero-order valence-electron chi connectivity index (χ0n) is 4.39. The summed E-state index contributed by atoms with van der Waals surface area (Å²) in [7, 11) is 0. The van der Waals surface area contributed by atoms with Gasteiger partial charge in [-0.15, -0.1) is 0 Å². The summed E-state index contributed by atoms with van der Waals surface area (Å²) in [6.07, 6.45) is 2.26. The standard InChI is InChI=1S/C6H7FO/c1-3-4-6(7)5(2)8/h3-4,8H,1-2H2/b6-4+. The maximum Gasteiger partial charge on any atom is 0.164 e. The average molecular weight is 114 g/mol. The third kappa shape index (κ3) is 2.18. The Balaban J connectivity index is 3.99. The van der Waals surface area contributed by atoms with Gasteiger partial charge in [0.15, 0.2) is 5.83 Å². The van der Waals surface area contributed by atoms with Crippen molar-refractivity contribution in [2.45, 2.75) is 0 Å². The summed E-state index contributed by atoms with van der Waals surface area (Å²) in [5.41, 5.74) is 0. The Morgan fingerprint density at radius 2 is 2.12 bits per heavy atom. The van der Waals surface area contributed by atoms with Gasteiger partial charge in [0.2, 0.25) is 0 Å². The smallest absolute Gasteiger partial charge is 0.164 e. The minimum atomic E-state index is -0.750. The van der Waals surface area contributed by atoms with Crippen LogP contribution >= 0.6 is 0 Å². The van der Waals surface area contributed by atoms with Gasteiger partial charge in [0.25, 0.3) is 0 Å². The summed E-state index contributed by atoms with van der Waals surface area (Å²) < 4.78 is 12.0. The minimum Gasteiger partial charge on any atom is -0.506 e. The van der Waals surface area contributed by atoms with Crippen molar-refractivity contribution >= 4 is 0 Å². The van der Waals surface area contributed by atoms with Crippen molar-refractivity contribution in [1.82, 2.24) is 0 Å². The van der Waals surface area contributed by atoms with Crippen molar-refractivity contribution in [3.05, 3.63) is 36.9 Å². The number of rotatable bonds is 2. The molecule has 0 radical (unpaired) electrons. The van der Waals surface area contributed by atoms with E-state index in [9.17, 15) is 4.39 Å². The fraction of sp³-hybridized carbons (Fsp3) is 0. The van der Waals surface area contributed by atoms with E-state index >= 15 is 0 Å². The number of hydrogen-bond acceptors (Lipinski definition) is 1. The van der Waals surface area contributed by atoms with Crippen molar-refractivity contribution in [3.8, 4) is 0 Å². The topological polar surface area (TPSA) is 20.2 Å². The Morgan fingerprint density at radius 1 is 1.62 bits per heavy atom. The number of aliphatic hydroxyl groups excluding tert-OH is 1. The van der Waals surface area contributed by atoms with E-state index in [1.54, 1.807) is 0 Å². The van der Waals surface area contributed by atoms with Gasteiger partial charge < -0.3 is 5.11 Å². The maximum atomic E-state index is 12.0. The van der Waals surface area contributed by atoms with Gasteiger partial charge in [-0.2, -0.15) is 0 Å². The van der Waals surface area contributed by atoms with E-state index in [1.807, 2.05) is 0 Å². The fourth-order valence-corrected chi connectivity index (χ4v) is 0.200. The van der Waals surface area contributed by atoms with E-state index < -0.39 is 11.6 Å². The first kappa shape index (κ1) is 6.95. The van der Waals surface area contributed by atoms with Crippen molar-refractivity contribution in [2.24, 2.45) is 0 Å². The van der Waals surface area contributed by atoms with Crippen molar-refractivity contribution in [2.75, 3.05) is 0 Å². The SMILES string of the molecule is C=C/C=C(/F)C(=C)O. The van der Waals surface area contributed by atoms with E-state index in [0.717, 1.165) is 6.08 Å². The minimum absolute atomic E-state index is 0.565. The van der Waals surface area contributed by atoms with E-state index in [2.05, 4.69) is 13.2 Å². The van der Waals surface area contributed by atoms with Crippen LogP contribution in [0, 0.1) is 0 Å². The highest BCUT2D eigenvalue weighted by molar-refractivity contribution is 5.18. The van der Waals surface area contributed by atoms with Crippen molar-refractivity contribution in [3.63, 3.8) is 0 Å². The largest absolute Gasteiger partial charge is 0.506 e. The highest BCUT2D eigenvalue weighted by Gasteiger charge is 1.92. The predicted molar refractivity (Wildman–Crippen MR) is 31.2 cm³/mol. The first-order valence-electron chi connectivity index (χ1n) is 2.05. The molecule has 0 heterocycles. The fourth-order valence-electron chi connectivity index (χ4n) is 0.200. The van der Waals surface area contributed by atoms with E-state index in [-0.39, 0.29) is 0 Å². The van der Waals surface area contributed by atoms with Crippen LogP contribution in [-0.4, -0.2) is 5.11 Å². The third-order valence-corrected chi connectivity index (χ3v) is 0.540. The van der Waals surface area contributed by atoms with Crippen LogP contribution in [0.1, 0.15) is 0 Å². The Labute approximate surface area is 47.5 Å². The molecule has 0 rings (SSSR count). The summed E-state index contributed by atoms with van der Waals surface area (Å²) >= 11 is 0. The van der Waals surface area contributed by atoms with E-state index in [1.165, 1.54) is 6.08 Å². The molecule has 2 heteroatoms. The summed E-state index contributed by atoms with van der Waals surface area (Å²) in [4.78, 5) is 0. The molecule has 8 heavy (non-hydrogen) atoms. The quantitative estimate of drug-likeness (QED) is 0.430. The molecule has 0 unspecified atom stereocenters. The summed E-state index contributed by atoms with van der Waals surface area (Å²) in [6, 6.07) is 0. The molecule has 0 aromatic carbocycles. The number of hydrogen-bond donors (Lipinski definition) is 1. The lowest BCUT2D eigenvalue weighted by molar-refractivity contribution is 0.392. The van der Waals surface area contributed by atoms with Crippen LogP contribution in [0.25, 0.3) is 0 Å². The highest BCUT2D eigenvalue weighted by Crippen LogP contribution is 2.03. The van der Waals surface area contributed by atoms with Crippen LogP contribution < -0.4 is 0 Å². The normalized spacial score (nSPS) is 10.9. The molecule has 0 aromatic rings. The van der Waals surface area contributed by atoms with Crippen LogP contribution in [0.5, 0.6) is 0 Å². The molecule has 0 aliphatic heterocycles. The third-order valence-electron chi connectivity index (χ3n) is 0.540. The second-order valence-electron chi connectivity index (χ2n) is 1.20. The van der Waals surface area contributed by atoms with Gasteiger partial charge in [0.1, 0.15) is 5.76 Å². The Hall–Kier alpha value is -1.05. The van der Waals surface area contributed by atoms with Crippen molar-refractivity contribution in [1.29, 1.82) is 0 Å². The van der Waals surface area contributed by atoms with Gasteiger partial charge in [-0.05, 0) is 6.08 Å². The molecule has 44 valence electrons. The molecule has 0 bridgehead atoms. The summed E-state index contributed by atoms with van der Waals surface area (Å²) in [6.45, 7) is 6.15. The van der Waals surface area contributed by atoms with Crippen LogP contribution in [0.3, 0.4) is 0 Å². The molecule has 0 saturated carbocycles. The second kappa shape index (κ2) is 3.02. The van der Waals surface area contributed by atoms with Gasteiger partial charge in [-0.3, -0.25) is 0 Å². The highest BCUT2D eigenvalue weighted by atomic mass is 19.1. The van der Waals surface area contributed by atoms with Crippen molar-refractivity contribution < 1.29 is 9.50 Å². The molecule has 0 spiro atoms. The zero-order chi connectivity index (χ0) is 6.57. The van der Waals surface area contributed by atoms with Gasteiger partial charge in [-0.1, -0.05) is 19.2 Å². The Kier molecular flexibility index (Phi) is 2.62. The van der Waals surface area contributed by atoms with Crippen LogP contribution in [-0.2, 0) is 0 Å². The lowest BCUT2D eigenvalue weighted by Gasteiger charge is -1.86. The second-order valence-corrected chi connectivity index (χ2v) is 1.20. The zero-order valence-corrected chi connectivity index (χ0v) is 4.39. The molecule has 0 aliphatic rings. The van der Waals surface area contributed by atoms with Gasteiger partial charge in [0.05, 0.1) is 0 Å². The van der Waals surface area contributed by atoms with E-state index in [0.29, 0.717) is 0 Å². The number of allylic oxidation sites excluding steroid dienone is 3. The van der Waals surface area contributed by atoms with Crippen LogP contribution in [0.4, 0.5) is 4.39 Å². The van der Waals surface area contributed by atoms with Gasteiger partial charge in [0, 0.05) is 0 Å². The predicted octanol–water partition coefficient (Wildman–Crippen LogP) is 2.10. The Morgan fingerprint density at radius 3 is 2.25 bits per heavy atom. The van der Waals surface area contributed by atoms with Crippen LogP contribution in [0.2, 0.25) is 0 Å². The molecule has 1 nitrogen and oxygen atoms in total. The van der Waals surface area contributed by atoms with E-state index in [4.69, 9.17) is 5.11 Å². The first-order chi connectivity index (χ1) is 3.68. The number of aliphatic hydroxyl groups is 1. The molecule has 0 fully saturated rings. The molecule has 0 aliphatic carbocycles. The lowest BCUT2D eigenvalue weighted by atomic mass is 10.4. The molecular formula is C6H7FO. The van der Waals surface area contributed by atoms with Gasteiger partial charge in [-0.25, -0.2) is 4.39 Å². The monoisotopic (exact) mass is 114 g/mol. The molecule has 0 atom stereocenters. The van der Waals surface area contributed by atoms with Crippen LogP contribution in [0.15, 0.2) is 36.9 Å². The average Bonchev–Trinajstić information content (AvgIpc) is 1.67. The summed E-state index contributed by atoms with van der Waals surface area (Å²) in [5, 5.41) is 8.27. The maximum absolute atomic E-state index is 12.0. The summed E-state index contributed by atoms with van der Waals surface area (Å²) in [5.74, 6) is -1.31. The molecular weight excluding hydrogens is 107 g/mol. The molecule has 0 saturated heterocycles. The molecule has 0 amide bonds. The molecule has 1 N–H and O–H groups in total. The van der Waals surface area contributed by atoms with Gasteiger partial charge >= 0.3 is 0 Å². The molecule has 0 aromatic heterocycles. The number of halogens is 1. The Bertz CT molecular complexity index is 135.